The molecule has 0 bridgehead atoms. The van der Waals surface area contributed by atoms with Crippen LogP contribution in [0.25, 0.3) is 11.3 Å². The normalized spacial score (nSPS) is 13.6. The first-order valence-corrected chi connectivity index (χ1v) is 11.3. The van der Waals surface area contributed by atoms with Gasteiger partial charge in [-0.3, -0.25) is 4.79 Å². The summed E-state index contributed by atoms with van der Waals surface area (Å²) < 4.78 is 17.1. The summed E-state index contributed by atoms with van der Waals surface area (Å²) in [4.78, 5) is 16.8. The van der Waals surface area contributed by atoms with Gasteiger partial charge in [-0.25, -0.2) is 0 Å². The minimum absolute atomic E-state index is 0.0333. The van der Waals surface area contributed by atoms with E-state index in [1.807, 2.05) is 53.4 Å². The summed E-state index contributed by atoms with van der Waals surface area (Å²) >= 11 is 3.47. The molecule has 33 heavy (non-hydrogen) atoms. The zero-order chi connectivity index (χ0) is 23.4. The van der Waals surface area contributed by atoms with Gasteiger partial charge >= 0.3 is 0 Å². The van der Waals surface area contributed by atoms with Gasteiger partial charge in [0.05, 0.1) is 32.6 Å². The second-order valence-corrected chi connectivity index (χ2v) is 8.30. The number of piperazine rings is 1. The number of carbonyl (C=O) groups excluding carboxylic acids is 1. The van der Waals surface area contributed by atoms with Crippen molar-refractivity contribution < 1.29 is 19.0 Å². The molecule has 0 aliphatic carbocycles. The monoisotopic (exact) mass is 512 g/mol. The molecule has 1 aliphatic rings. The third-order valence-electron chi connectivity index (χ3n) is 5.61. The standard InChI is InChI=1S/C24H25BrN4O4/c1-31-20-14-16(15-21(32-2)23(20)33-3)19-8-9-22(27-26-19)28-10-12-29(13-11-28)24(30)17-6-4-5-7-18(17)25/h4-9,14-15H,10-13H2,1-3H3. The van der Waals surface area contributed by atoms with Gasteiger partial charge < -0.3 is 24.0 Å². The Kier molecular flexibility index (Phi) is 6.98. The van der Waals surface area contributed by atoms with Crippen molar-refractivity contribution in [3.63, 3.8) is 0 Å². The molecule has 3 aromatic rings. The van der Waals surface area contributed by atoms with Crippen molar-refractivity contribution in [3.8, 4) is 28.5 Å². The van der Waals surface area contributed by atoms with E-state index < -0.39 is 0 Å². The Morgan fingerprint density at radius 1 is 0.879 bits per heavy atom. The molecule has 1 amide bonds. The minimum Gasteiger partial charge on any atom is -0.493 e. The first-order chi connectivity index (χ1) is 16.0. The van der Waals surface area contributed by atoms with E-state index in [9.17, 15) is 4.79 Å². The van der Waals surface area contributed by atoms with Crippen molar-refractivity contribution in [3.05, 3.63) is 58.6 Å². The summed E-state index contributed by atoms with van der Waals surface area (Å²) in [5.41, 5.74) is 2.19. The Hall–Kier alpha value is -3.33. The van der Waals surface area contributed by atoms with Crippen LogP contribution >= 0.6 is 15.9 Å². The zero-order valence-electron chi connectivity index (χ0n) is 18.7. The van der Waals surface area contributed by atoms with Gasteiger partial charge in [-0.1, -0.05) is 12.1 Å². The van der Waals surface area contributed by atoms with Crippen LogP contribution < -0.4 is 19.1 Å². The lowest BCUT2D eigenvalue weighted by atomic mass is 10.1. The Morgan fingerprint density at radius 2 is 1.55 bits per heavy atom. The molecule has 172 valence electrons. The van der Waals surface area contributed by atoms with Crippen LogP contribution in [0.4, 0.5) is 5.82 Å². The summed E-state index contributed by atoms with van der Waals surface area (Å²) in [5.74, 6) is 2.46. The van der Waals surface area contributed by atoms with Gasteiger partial charge in [0.15, 0.2) is 17.3 Å². The SMILES string of the molecule is COc1cc(-c2ccc(N3CCN(C(=O)c4ccccc4Br)CC3)nn2)cc(OC)c1OC. The van der Waals surface area contributed by atoms with Crippen LogP contribution in [0.2, 0.25) is 0 Å². The Morgan fingerprint density at radius 3 is 2.09 bits per heavy atom. The molecule has 4 rings (SSSR count). The second kappa shape index (κ2) is 10.1. The number of carbonyl (C=O) groups is 1. The van der Waals surface area contributed by atoms with Crippen molar-refractivity contribution in [2.45, 2.75) is 0 Å². The summed E-state index contributed by atoms with van der Waals surface area (Å²) in [7, 11) is 4.73. The quantitative estimate of drug-likeness (QED) is 0.495. The maximum atomic E-state index is 12.8. The van der Waals surface area contributed by atoms with Crippen LogP contribution in [0, 0.1) is 0 Å². The van der Waals surface area contributed by atoms with E-state index in [0.717, 1.165) is 15.9 Å². The van der Waals surface area contributed by atoms with Gasteiger partial charge in [0.25, 0.3) is 5.91 Å². The lowest BCUT2D eigenvalue weighted by Gasteiger charge is -2.35. The largest absolute Gasteiger partial charge is 0.493 e. The van der Waals surface area contributed by atoms with Crippen LogP contribution in [-0.2, 0) is 0 Å². The van der Waals surface area contributed by atoms with Crippen LogP contribution in [0.3, 0.4) is 0 Å². The number of methoxy groups -OCH3 is 3. The molecule has 0 saturated carbocycles. The van der Waals surface area contributed by atoms with E-state index >= 15 is 0 Å². The third kappa shape index (κ3) is 4.73. The highest BCUT2D eigenvalue weighted by Crippen LogP contribution is 2.40. The smallest absolute Gasteiger partial charge is 0.255 e. The molecule has 2 aromatic carbocycles. The average molecular weight is 513 g/mol. The van der Waals surface area contributed by atoms with Gasteiger partial charge in [0.2, 0.25) is 5.75 Å². The second-order valence-electron chi connectivity index (χ2n) is 7.45. The molecule has 0 radical (unpaired) electrons. The van der Waals surface area contributed by atoms with E-state index in [2.05, 4.69) is 31.0 Å². The van der Waals surface area contributed by atoms with Crippen LogP contribution in [0.5, 0.6) is 17.2 Å². The minimum atomic E-state index is 0.0333. The number of hydrogen-bond donors (Lipinski definition) is 0. The van der Waals surface area contributed by atoms with Gasteiger partial charge in [-0.2, -0.15) is 0 Å². The molecular formula is C24H25BrN4O4. The van der Waals surface area contributed by atoms with Gasteiger partial charge in [0.1, 0.15) is 0 Å². The first kappa shape index (κ1) is 22.8. The van der Waals surface area contributed by atoms with Crippen molar-refractivity contribution in [1.82, 2.24) is 15.1 Å². The Bertz CT molecular complexity index is 1110. The fourth-order valence-electron chi connectivity index (χ4n) is 3.82. The van der Waals surface area contributed by atoms with Crippen LogP contribution in [0.1, 0.15) is 10.4 Å². The number of rotatable bonds is 6. The molecule has 0 atom stereocenters. The molecule has 2 heterocycles. The molecule has 0 N–H and O–H groups in total. The molecule has 1 saturated heterocycles. The van der Waals surface area contributed by atoms with Crippen molar-refractivity contribution in [2.75, 3.05) is 52.4 Å². The third-order valence-corrected chi connectivity index (χ3v) is 6.30. The lowest BCUT2D eigenvalue weighted by Crippen LogP contribution is -2.49. The van der Waals surface area contributed by atoms with Gasteiger partial charge in [-0.05, 0) is 52.3 Å². The Labute approximate surface area is 201 Å². The van der Waals surface area contributed by atoms with E-state index in [1.165, 1.54) is 0 Å². The molecule has 8 nitrogen and oxygen atoms in total. The van der Waals surface area contributed by atoms with Crippen molar-refractivity contribution >= 4 is 27.7 Å². The fourth-order valence-corrected chi connectivity index (χ4v) is 4.27. The van der Waals surface area contributed by atoms with Gasteiger partial charge in [0, 0.05) is 36.2 Å². The van der Waals surface area contributed by atoms with E-state index in [-0.39, 0.29) is 5.91 Å². The number of amides is 1. The predicted molar refractivity (Wildman–Crippen MR) is 129 cm³/mol. The maximum Gasteiger partial charge on any atom is 0.255 e. The summed E-state index contributed by atoms with van der Waals surface area (Å²) in [6, 6.07) is 15.0. The maximum absolute atomic E-state index is 12.8. The first-order valence-electron chi connectivity index (χ1n) is 10.5. The Balaban J connectivity index is 1.46. The van der Waals surface area contributed by atoms with Crippen molar-refractivity contribution in [1.29, 1.82) is 0 Å². The highest BCUT2D eigenvalue weighted by Gasteiger charge is 2.24. The van der Waals surface area contributed by atoms with E-state index in [1.54, 1.807) is 21.3 Å². The zero-order valence-corrected chi connectivity index (χ0v) is 20.3. The van der Waals surface area contributed by atoms with E-state index in [0.29, 0.717) is 54.7 Å². The van der Waals surface area contributed by atoms with Crippen LogP contribution in [0.15, 0.2) is 53.0 Å². The number of aromatic nitrogens is 2. The number of hydrogen-bond acceptors (Lipinski definition) is 7. The molecule has 1 aliphatic heterocycles. The molecule has 1 fully saturated rings. The predicted octanol–water partition coefficient (Wildman–Crippen LogP) is 3.89. The summed E-state index contributed by atoms with van der Waals surface area (Å²) in [6.07, 6.45) is 0. The summed E-state index contributed by atoms with van der Waals surface area (Å²) in [5, 5.41) is 8.84. The molecule has 0 spiro atoms. The average Bonchev–Trinajstić information content (AvgIpc) is 2.87. The number of anilines is 1. The fraction of sp³-hybridized carbons (Fsp3) is 0.292. The molecule has 9 heteroatoms. The molecular weight excluding hydrogens is 488 g/mol. The highest BCUT2D eigenvalue weighted by atomic mass is 79.9. The molecule has 0 unspecified atom stereocenters. The lowest BCUT2D eigenvalue weighted by molar-refractivity contribution is 0.0745. The van der Waals surface area contributed by atoms with Crippen molar-refractivity contribution in [2.24, 2.45) is 0 Å². The number of benzene rings is 2. The topological polar surface area (TPSA) is 77.0 Å². The highest BCUT2D eigenvalue weighted by molar-refractivity contribution is 9.10. The van der Waals surface area contributed by atoms with Gasteiger partial charge in [-0.15, -0.1) is 10.2 Å². The number of ether oxygens (including phenoxy) is 3. The molecule has 1 aromatic heterocycles. The number of nitrogens with zero attached hydrogens (tertiary/aromatic N) is 4. The van der Waals surface area contributed by atoms with Crippen LogP contribution in [-0.4, -0.2) is 68.5 Å². The summed E-state index contributed by atoms with van der Waals surface area (Å²) in [6.45, 7) is 2.62. The van der Waals surface area contributed by atoms with E-state index in [4.69, 9.17) is 14.2 Å². The number of halogens is 1.